The summed E-state index contributed by atoms with van der Waals surface area (Å²) in [6.45, 7) is 3.35. The Morgan fingerprint density at radius 1 is 1.69 bits per heavy atom. The molecule has 1 fully saturated rings. The summed E-state index contributed by atoms with van der Waals surface area (Å²) < 4.78 is 5.28. The van der Waals surface area contributed by atoms with Crippen molar-refractivity contribution in [3.05, 3.63) is 22.4 Å². The number of rotatable bonds is 2. The molecule has 1 N–H and O–H groups in total. The Hall–Kier alpha value is -0.380. The van der Waals surface area contributed by atoms with E-state index in [2.05, 4.69) is 0 Å². The molecule has 0 aromatic carbocycles. The molecule has 3 heteroatoms. The first-order valence-corrected chi connectivity index (χ1v) is 5.48. The highest BCUT2D eigenvalue weighted by molar-refractivity contribution is 7.08. The summed E-state index contributed by atoms with van der Waals surface area (Å²) in [6, 6.07) is 1.99. The van der Waals surface area contributed by atoms with E-state index in [-0.39, 0.29) is 5.92 Å². The average Bonchev–Trinajstić information content (AvgIpc) is 2.78. The van der Waals surface area contributed by atoms with Gasteiger partial charge in [0.2, 0.25) is 0 Å². The van der Waals surface area contributed by atoms with Gasteiger partial charge in [0.15, 0.2) is 0 Å². The molecule has 1 aromatic heterocycles. The van der Waals surface area contributed by atoms with Crippen molar-refractivity contribution in [2.75, 3.05) is 13.2 Å². The van der Waals surface area contributed by atoms with Gasteiger partial charge in [-0.1, -0.05) is 0 Å². The van der Waals surface area contributed by atoms with E-state index in [1.165, 1.54) is 0 Å². The molecule has 1 aliphatic rings. The number of hydrogen-bond donors (Lipinski definition) is 1. The van der Waals surface area contributed by atoms with Crippen molar-refractivity contribution >= 4 is 11.3 Å². The van der Waals surface area contributed by atoms with Crippen molar-refractivity contribution in [1.29, 1.82) is 0 Å². The molecule has 13 heavy (non-hydrogen) atoms. The zero-order valence-electron chi connectivity index (χ0n) is 7.69. The first-order valence-electron chi connectivity index (χ1n) is 4.54. The summed E-state index contributed by atoms with van der Waals surface area (Å²) >= 11 is 1.62. The van der Waals surface area contributed by atoms with Crippen LogP contribution in [0.3, 0.4) is 0 Å². The Labute approximate surface area is 82.2 Å². The van der Waals surface area contributed by atoms with Gasteiger partial charge in [0.05, 0.1) is 12.2 Å². The SMILES string of the molecule is CC(O)(c1ccsc1)C1CCOC1. The maximum absolute atomic E-state index is 10.3. The third kappa shape index (κ3) is 1.64. The molecule has 0 amide bonds. The third-order valence-electron chi connectivity index (χ3n) is 2.83. The fourth-order valence-corrected chi connectivity index (χ4v) is 2.53. The minimum absolute atomic E-state index is 0.252. The average molecular weight is 198 g/mol. The van der Waals surface area contributed by atoms with Gasteiger partial charge < -0.3 is 9.84 Å². The highest BCUT2D eigenvalue weighted by atomic mass is 32.1. The second kappa shape index (κ2) is 3.40. The summed E-state index contributed by atoms with van der Waals surface area (Å²) in [7, 11) is 0. The molecule has 2 atom stereocenters. The lowest BCUT2D eigenvalue weighted by Gasteiger charge is -2.28. The molecule has 1 aliphatic heterocycles. The normalized spacial score (nSPS) is 27.4. The number of aliphatic hydroxyl groups is 1. The van der Waals surface area contributed by atoms with Crippen LogP contribution in [0.2, 0.25) is 0 Å². The predicted molar refractivity (Wildman–Crippen MR) is 52.8 cm³/mol. The van der Waals surface area contributed by atoms with Crippen LogP contribution < -0.4 is 0 Å². The number of thiophene rings is 1. The molecule has 1 saturated heterocycles. The lowest BCUT2D eigenvalue weighted by atomic mass is 9.84. The fourth-order valence-electron chi connectivity index (χ4n) is 1.77. The Kier molecular flexibility index (Phi) is 2.41. The lowest BCUT2D eigenvalue weighted by molar-refractivity contribution is -0.00934. The highest BCUT2D eigenvalue weighted by Gasteiger charge is 2.36. The van der Waals surface area contributed by atoms with E-state index in [9.17, 15) is 5.11 Å². The van der Waals surface area contributed by atoms with Crippen LogP contribution in [-0.2, 0) is 10.3 Å². The molecule has 0 saturated carbocycles. The van der Waals surface area contributed by atoms with Gasteiger partial charge in [0.25, 0.3) is 0 Å². The Bertz CT molecular complexity index is 260. The first-order chi connectivity index (χ1) is 6.21. The summed E-state index contributed by atoms with van der Waals surface area (Å²) in [4.78, 5) is 0. The van der Waals surface area contributed by atoms with Crippen LogP contribution >= 0.6 is 11.3 Å². The number of ether oxygens (including phenoxy) is 1. The van der Waals surface area contributed by atoms with Gasteiger partial charge in [0.1, 0.15) is 0 Å². The highest BCUT2D eigenvalue weighted by Crippen LogP contribution is 2.35. The molecule has 2 nitrogen and oxygen atoms in total. The van der Waals surface area contributed by atoms with Crippen molar-refractivity contribution in [2.45, 2.75) is 18.9 Å². The zero-order valence-corrected chi connectivity index (χ0v) is 8.51. The zero-order chi connectivity index (χ0) is 9.31. The van der Waals surface area contributed by atoms with Crippen molar-refractivity contribution < 1.29 is 9.84 Å². The maximum Gasteiger partial charge on any atom is 0.0927 e. The molecule has 0 aliphatic carbocycles. The fraction of sp³-hybridized carbons (Fsp3) is 0.600. The Morgan fingerprint density at radius 3 is 3.08 bits per heavy atom. The number of hydrogen-bond acceptors (Lipinski definition) is 3. The summed E-state index contributed by atoms with van der Waals surface area (Å²) in [5, 5.41) is 14.3. The van der Waals surface area contributed by atoms with Crippen LogP contribution in [-0.4, -0.2) is 18.3 Å². The quantitative estimate of drug-likeness (QED) is 0.787. The monoisotopic (exact) mass is 198 g/mol. The van der Waals surface area contributed by atoms with Crippen LogP contribution in [0.5, 0.6) is 0 Å². The molecule has 0 bridgehead atoms. The van der Waals surface area contributed by atoms with Gasteiger partial charge in [-0.15, -0.1) is 0 Å². The van der Waals surface area contributed by atoms with E-state index >= 15 is 0 Å². The van der Waals surface area contributed by atoms with Crippen LogP contribution in [0.15, 0.2) is 16.8 Å². The van der Waals surface area contributed by atoms with Crippen LogP contribution in [0.25, 0.3) is 0 Å². The largest absolute Gasteiger partial charge is 0.385 e. The van der Waals surface area contributed by atoms with Gasteiger partial charge in [0, 0.05) is 12.5 Å². The molecule has 2 heterocycles. The standard InChI is InChI=1S/C10H14O2S/c1-10(11,8-2-4-12-6-8)9-3-5-13-7-9/h3,5,7-8,11H,2,4,6H2,1H3. The second-order valence-electron chi connectivity index (χ2n) is 3.72. The van der Waals surface area contributed by atoms with E-state index < -0.39 is 5.60 Å². The molecule has 1 aromatic rings. The van der Waals surface area contributed by atoms with Crippen LogP contribution in [0, 0.1) is 5.92 Å². The van der Waals surface area contributed by atoms with E-state index in [0.717, 1.165) is 18.6 Å². The van der Waals surface area contributed by atoms with Gasteiger partial charge in [-0.3, -0.25) is 0 Å². The molecular formula is C10H14O2S. The predicted octanol–water partition coefficient (Wildman–Crippen LogP) is 1.99. The lowest BCUT2D eigenvalue weighted by Crippen LogP contribution is -2.31. The van der Waals surface area contributed by atoms with Crippen LogP contribution in [0.4, 0.5) is 0 Å². The Morgan fingerprint density at radius 2 is 2.54 bits per heavy atom. The van der Waals surface area contributed by atoms with Gasteiger partial charge in [-0.25, -0.2) is 0 Å². The van der Waals surface area contributed by atoms with E-state index in [4.69, 9.17) is 4.74 Å². The second-order valence-corrected chi connectivity index (χ2v) is 4.50. The van der Waals surface area contributed by atoms with Gasteiger partial charge >= 0.3 is 0 Å². The smallest absolute Gasteiger partial charge is 0.0927 e. The summed E-state index contributed by atoms with van der Waals surface area (Å²) in [5.74, 6) is 0.252. The summed E-state index contributed by atoms with van der Waals surface area (Å²) in [6.07, 6.45) is 0.961. The van der Waals surface area contributed by atoms with Crippen molar-refractivity contribution in [3.63, 3.8) is 0 Å². The van der Waals surface area contributed by atoms with Crippen LogP contribution in [0.1, 0.15) is 18.9 Å². The topological polar surface area (TPSA) is 29.5 Å². The molecule has 2 rings (SSSR count). The molecular weight excluding hydrogens is 184 g/mol. The first kappa shape index (κ1) is 9.19. The Balaban J connectivity index is 2.19. The molecule has 0 radical (unpaired) electrons. The van der Waals surface area contributed by atoms with E-state index in [0.29, 0.717) is 6.61 Å². The molecule has 72 valence electrons. The van der Waals surface area contributed by atoms with Gasteiger partial charge in [-0.05, 0) is 35.7 Å². The minimum Gasteiger partial charge on any atom is -0.385 e. The maximum atomic E-state index is 10.3. The minimum atomic E-state index is -0.712. The summed E-state index contributed by atoms with van der Waals surface area (Å²) in [5.41, 5.74) is 0.309. The third-order valence-corrected chi connectivity index (χ3v) is 3.51. The molecule has 0 spiro atoms. The van der Waals surface area contributed by atoms with E-state index in [1.807, 2.05) is 23.8 Å². The van der Waals surface area contributed by atoms with E-state index in [1.54, 1.807) is 11.3 Å². The van der Waals surface area contributed by atoms with Crippen molar-refractivity contribution in [2.24, 2.45) is 5.92 Å². The van der Waals surface area contributed by atoms with Crippen molar-refractivity contribution in [3.8, 4) is 0 Å². The molecule has 2 unspecified atom stereocenters. The van der Waals surface area contributed by atoms with Gasteiger partial charge in [-0.2, -0.15) is 11.3 Å². The van der Waals surface area contributed by atoms with Crippen molar-refractivity contribution in [1.82, 2.24) is 0 Å².